The Balaban J connectivity index is 1.52. The van der Waals surface area contributed by atoms with Gasteiger partial charge in [0.2, 0.25) is 0 Å². The number of hydrogen-bond acceptors (Lipinski definition) is 1. The zero-order chi connectivity index (χ0) is 12.7. The molecule has 0 radical (unpaired) electrons. The molecule has 0 aromatic carbocycles. The van der Waals surface area contributed by atoms with E-state index in [9.17, 15) is 0 Å². The van der Waals surface area contributed by atoms with Crippen molar-refractivity contribution in [3.8, 4) is 0 Å². The molecule has 5 unspecified atom stereocenters. The third-order valence-electron chi connectivity index (χ3n) is 6.02. The van der Waals surface area contributed by atoms with Crippen LogP contribution in [0.3, 0.4) is 0 Å². The second kappa shape index (κ2) is 5.15. The van der Waals surface area contributed by atoms with Crippen molar-refractivity contribution in [2.75, 3.05) is 6.54 Å². The van der Waals surface area contributed by atoms with Gasteiger partial charge in [-0.1, -0.05) is 33.6 Å². The molecule has 5 atom stereocenters. The van der Waals surface area contributed by atoms with E-state index in [0.717, 1.165) is 48.1 Å². The van der Waals surface area contributed by atoms with Crippen molar-refractivity contribution in [3.63, 3.8) is 0 Å². The van der Waals surface area contributed by atoms with Gasteiger partial charge in [0.1, 0.15) is 0 Å². The van der Waals surface area contributed by atoms with Crippen LogP contribution in [0.2, 0.25) is 0 Å². The summed E-state index contributed by atoms with van der Waals surface area (Å²) in [6.07, 6.45) is 9.00. The molecule has 0 spiro atoms. The van der Waals surface area contributed by atoms with Gasteiger partial charge in [0.15, 0.2) is 0 Å². The molecule has 2 bridgehead atoms. The Morgan fingerprint density at radius 2 is 1.72 bits per heavy atom. The molecule has 0 aromatic heterocycles. The van der Waals surface area contributed by atoms with E-state index in [1.54, 1.807) is 19.3 Å². The average molecular weight is 249 g/mol. The minimum absolute atomic E-state index is 0.854. The molecule has 0 aliphatic heterocycles. The fourth-order valence-corrected chi connectivity index (χ4v) is 5.37. The largest absolute Gasteiger partial charge is 0.314 e. The molecular formula is C17H31N. The molecule has 3 saturated carbocycles. The fraction of sp³-hybridized carbons (Fsp3) is 1.00. The topological polar surface area (TPSA) is 12.0 Å². The van der Waals surface area contributed by atoms with Crippen LogP contribution in [-0.2, 0) is 0 Å². The van der Waals surface area contributed by atoms with Crippen LogP contribution in [0.4, 0.5) is 0 Å². The maximum atomic E-state index is 3.82. The summed E-state index contributed by atoms with van der Waals surface area (Å²) in [6.45, 7) is 8.16. The standard InChI is InChI=1S/C17H31N/c1-4-18-14(7-5-6-11(2)3)17-15-12-8-9-13(10-12)16(15)17/h11-18H,4-10H2,1-3H3. The lowest BCUT2D eigenvalue weighted by Crippen LogP contribution is -2.33. The third-order valence-corrected chi connectivity index (χ3v) is 6.02. The normalized spacial score (nSPS) is 42.3. The van der Waals surface area contributed by atoms with E-state index in [-0.39, 0.29) is 0 Å². The molecule has 3 aliphatic carbocycles. The Labute approximate surface area is 113 Å². The summed E-state index contributed by atoms with van der Waals surface area (Å²) in [7, 11) is 0. The third kappa shape index (κ3) is 2.24. The Kier molecular flexibility index (Phi) is 3.71. The summed E-state index contributed by atoms with van der Waals surface area (Å²) >= 11 is 0. The van der Waals surface area contributed by atoms with Crippen LogP contribution in [0.1, 0.15) is 59.3 Å². The molecule has 0 heterocycles. The van der Waals surface area contributed by atoms with Crippen LogP contribution in [0.25, 0.3) is 0 Å². The monoisotopic (exact) mass is 249 g/mol. The summed E-state index contributed by atoms with van der Waals surface area (Å²) in [5, 5.41) is 3.82. The van der Waals surface area contributed by atoms with E-state index >= 15 is 0 Å². The van der Waals surface area contributed by atoms with Crippen LogP contribution < -0.4 is 5.32 Å². The first-order valence-electron chi connectivity index (χ1n) is 8.45. The lowest BCUT2D eigenvalue weighted by molar-refractivity contribution is 0.340. The van der Waals surface area contributed by atoms with Gasteiger partial charge in [-0.15, -0.1) is 0 Å². The summed E-state index contributed by atoms with van der Waals surface area (Å²) < 4.78 is 0. The van der Waals surface area contributed by atoms with Gasteiger partial charge in [0.05, 0.1) is 0 Å². The lowest BCUT2D eigenvalue weighted by atomic mass is 9.93. The van der Waals surface area contributed by atoms with Crippen molar-refractivity contribution >= 4 is 0 Å². The highest BCUT2D eigenvalue weighted by molar-refractivity contribution is 5.15. The first kappa shape index (κ1) is 13.0. The minimum atomic E-state index is 0.854. The Morgan fingerprint density at radius 3 is 2.28 bits per heavy atom. The highest BCUT2D eigenvalue weighted by Gasteiger charge is 2.66. The van der Waals surface area contributed by atoms with Gasteiger partial charge in [-0.3, -0.25) is 0 Å². The van der Waals surface area contributed by atoms with Crippen LogP contribution in [0.5, 0.6) is 0 Å². The molecule has 1 N–H and O–H groups in total. The molecule has 1 nitrogen and oxygen atoms in total. The first-order chi connectivity index (χ1) is 8.72. The van der Waals surface area contributed by atoms with Crippen molar-refractivity contribution in [1.82, 2.24) is 5.32 Å². The van der Waals surface area contributed by atoms with Crippen molar-refractivity contribution in [2.24, 2.45) is 35.5 Å². The van der Waals surface area contributed by atoms with Crippen LogP contribution in [0.15, 0.2) is 0 Å². The fourth-order valence-electron chi connectivity index (χ4n) is 5.37. The highest BCUT2D eigenvalue weighted by Crippen LogP contribution is 2.70. The number of rotatable bonds is 7. The van der Waals surface area contributed by atoms with E-state index in [1.165, 1.54) is 19.3 Å². The molecule has 3 aliphatic rings. The predicted molar refractivity (Wildman–Crippen MR) is 77.5 cm³/mol. The molecule has 3 rings (SSSR count). The first-order valence-corrected chi connectivity index (χ1v) is 8.45. The van der Waals surface area contributed by atoms with Crippen molar-refractivity contribution < 1.29 is 0 Å². The second-order valence-electron chi connectivity index (χ2n) is 7.55. The van der Waals surface area contributed by atoms with E-state index in [4.69, 9.17) is 0 Å². The van der Waals surface area contributed by atoms with E-state index in [0.29, 0.717) is 0 Å². The quantitative estimate of drug-likeness (QED) is 0.717. The van der Waals surface area contributed by atoms with Crippen molar-refractivity contribution in [1.29, 1.82) is 0 Å². The number of hydrogen-bond donors (Lipinski definition) is 1. The summed E-state index contributed by atoms with van der Waals surface area (Å²) in [4.78, 5) is 0. The maximum Gasteiger partial charge on any atom is 0.0101 e. The molecule has 0 saturated heterocycles. The Bertz CT molecular complexity index is 269. The van der Waals surface area contributed by atoms with Crippen LogP contribution in [-0.4, -0.2) is 12.6 Å². The Hall–Kier alpha value is -0.0400. The molecule has 104 valence electrons. The SMILES string of the molecule is CCNC(CCCC(C)C)C1C2C3CCC(C3)C21. The zero-order valence-corrected chi connectivity index (χ0v) is 12.5. The van der Waals surface area contributed by atoms with Crippen molar-refractivity contribution in [2.45, 2.75) is 65.3 Å². The van der Waals surface area contributed by atoms with Gasteiger partial charge in [0, 0.05) is 6.04 Å². The van der Waals surface area contributed by atoms with E-state index < -0.39 is 0 Å². The predicted octanol–water partition coefficient (Wildman–Crippen LogP) is 4.08. The van der Waals surface area contributed by atoms with Gasteiger partial charge >= 0.3 is 0 Å². The van der Waals surface area contributed by atoms with Crippen LogP contribution >= 0.6 is 0 Å². The van der Waals surface area contributed by atoms with E-state index in [1.807, 2.05) is 0 Å². The van der Waals surface area contributed by atoms with Gasteiger partial charge in [-0.2, -0.15) is 0 Å². The summed E-state index contributed by atoms with van der Waals surface area (Å²) in [5.74, 6) is 6.51. The number of nitrogens with one attached hydrogen (secondary N) is 1. The van der Waals surface area contributed by atoms with Gasteiger partial charge in [0.25, 0.3) is 0 Å². The molecule has 3 fully saturated rings. The molecule has 18 heavy (non-hydrogen) atoms. The molecule has 0 aromatic rings. The van der Waals surface area contributed by atoms with E-state index in [2.05, 4.69) is 26.1 Å². The van der Waals surface area contributed by atoms with Gasteiger partial charge in [-0.05, 0) is 67.7 Å². The lowest BCUT2D eigenvalue weighted by Gasteiger charge is -2.21. The minimum Gasteiger partial charge on any atom is -0.314 e. The highest BCUT2D eigenvalue weighted by atomic mass is 14.9. The van der Waals surface area contributed by atoms with Crippen LogP contribution in [0, 0.1) is 35.5 Å². The zero-order valence-electron chi connectivity index (χ0n) is 12.5. The van der Waals surface area contributed by atoms with Gasteiger partial charge in [-0.25, -0.2) is 0 Å². The maximum absolute atomic E-state index is 3.82. The molecule has 1 heteroatoms. The number of fused-ring (bicyclic) bond motifs is 5. The Morgan fingerprint density at radius 1 is 1.06 bits per heavy atom. The summed E-state index contributed by atoms with van der Waals surface area (Å²) in [5.41, 5.74) is 0. The molecule has 0 amide bonds. The average Bonchev–Trinajstić information content (AvgIpc) is 2.75. The smallest absolute Gasteiger partial charge is 0.0101 e. The molecular weight excluding hydrogens is 218 g/mol. The van der Waals surface area contributed by atoms with Gasteiger partial charge < -0.3 is 5.32 Å². The second-order valence-corrected chi connectivity index (χ2v) is 7.55. The van der Waals surface area contributed by atoms with Crippen molar-refractivity contribution in [3.05, 3.63) is 0 Å². The summed E-state index contributed by atoms with van der Waals surface area (Å²) in [6, 6.07) is 0.854.